The van der Waals surface area contributed by atoms with Crippen LogP contribution in [0, 0.1) is 41.5 Å². The van der Waals surface area contributed by atoms with Gasteiger partial charge in [-0.25, -0.2) is 0 Å². The third-order valence-corrected chi connectivity index (χ3v) is 11.5. The van der Waals surface area contributed by atoms with Crippen LogP contribution in [0.3, 0.4) is 0 Å². The van der Waals surface area contributed by atoms with Gasteiger partial charge in [0.25, 0.3) is 0 Å². The van der Waals surface area contributed by atoms with Gasteiger partial charge in [0.2, 0.25) is 0 Å². The number of ether oxygens (including phenoxy) is 1. The summed E-state index contributed by atoms with van der Waals surface area (Å²) in [6.45, 7) is 17.9. The van der Waals surface area contributed by atoms with Crippen LogP contribution in [0.1, 0.15) is 58.8 Å². The number of aryl methyl sites for hydroxylation is 6. The van der Waals surface area contributed by atoms with Gasteiger partial charge in [-0.2, -0.15) is 0 Å². The second-order valence-corrected chi connectivity index (χ2v) is 15.2. The Morgan fingerprint density at radius 1 is 0.907 bits per heavy atom. The van der Waals surface area contributed by atoms with Gasteiger partial charge < -0.3 is 24.8 Å². The first-order chi connectivity index (χ1) is 19.1. The molecule has 6 rings (SSSR count). The van der Waals surface area contributed by atoms with Gasteiger partial charge in [-0.3, -0.25) is 0 Å². The van der Waals surface area contributed by atoms with Gasteiger partial charge in [0.1, 0.15) is 0 Å². The molecule has 234 valence electrons. The molecule has 0 radical (unpaired) electrons. The Bertz CT molecular complexity index is 1650. The predicted octanol–water partition coefficient (Wildman–Crippen LogP) is 0.168. The SMILES string of the molecule is Cc1cc(C)c(N2[C](=[Ru+2])[N+]3(c4c(C)cc(C)cc4C)CC2C3c2cccc(S(=O)(=O)N(C)C)c2OC(C)C)c(C)c1.[Cl-].[Cl-]. The molecule has 3 atom stereocenters. The van der Waals surface area contributed by atoms with Crippen LogP contribution in [-0.2, 0) is 27.9 Å². The quantitative estimate of drug-likeness (QED) is 0.257. The smallest absolute Gasteiger partial charge is 1.00 e. The molecular formula is C33H42Cl2N3O3RuS+. The van der Waals surface area contributed by atoms with E-state index >= 15 is 0 Å². The van der Waals surface area contributed by atoms with E-state index < -0.39 is 10.0 Å². The van der Waals surface area contributed by atoms with Gasteiger partial charge in [-0.05, 0) is 0 Å². The van der Waals surface area contributed by atoms with Crippen LogP contribution in [0.15, 0.2) is 47.4 Å². The molecule has 3 aliphatic heterocycles. The maximum Gasteiger partial charge on any atom is -1.00 e. The molecule has 0 saturated carbocycles. The molecule has 3 heterocycles. The maximum atomic E-state index is 13.6. The first kappa shape index (κ1) is 35.7. The number of hydrogen-bond acceptors (Lipinski definition) is 4. The minimum Gasteiger partial charge on any atom is -1.00 e. The van der Waals surface area contributed by atoms with Crippen LogP contribution < -0.4 is 38.9 Å². The predicted molar refractivity (Wildman–Crippen MR) is 165 cm³/mol. The Labute approximate surface area is 280 Å². The molecule has 0 spiro atoms. The number of quaternary nitrogens is 1. The third kappa shape index (κ3) is 5.51. The van der Waals surface area contributed by atoms with Crippen LogP contribution in [-0.4, -0.2) is 49.9 Å². The summed E-state index contributed by atoms with van der Waals surface area (Å²) in [5.41, 5.74) is 10.9. The van der Waals surface area contributed by atoms with Crippen molar-refractivity contribution in [3.8, 4) is 5.75 Å². The second kappa shape index (κ2) is 12.5. The number of halogens is 2. The van der Waals surface area contributed by atoms with E-state index in [-0.39, 0.29) is 47.9 Å². The minimum atomic E-state index is -3.74. The van der Waals surface area contributed by atoms with Gasteiger partial charge in [-0.15, -0.1) is 0 Å². The number of sulfonamides is 1. The number of fused-ring (bicyclic) bond motifs is 1. The van der Waals surface area contributed by atoms with Crippen molar-refractivity contribution in [1.82, 2.24) is 8.79 Å². The molecule has 0 aliphatic carbocycles. The zero-order valence-corrected chi connectivity index (χ0v) is 30.6. The van der Waals surface area contributed by atoms with Gasteiger partial charge >= 0.3 is 257 Å². The van der Waals surface area contributed by atoms with E-state index in [9.17, 15) is 8.42 Å². The maximum absolute atomic E-state index is 13.6. The van der Waals surface area contributed by atoms with E-state index in [0.717, 1.165) is 12.1 Å². The van der Waals surface area contributed by atoms with Crippen LogP contribution in [0.25, 0.3) is 0 Å². The van der Waals surface area contributed by atoms with Gasteiger partial charge in [-0.1, -0.05) is 0 Å². The average molecular weight is 733 g/mol. The van der Waals surface area contributed by atoms with E-state index in [0.29, 0.717) is 10.2 Å². The Morgan fingerprint density at radius 3 is 1.91 bits per heavy atom. The molecule has 10 heteroatoms. The number of anilines is 1. The van der Waals surface area contributed by atoms with Crippen molar-refractivity contribution in [3.05, 3.63) is 81.4 Å². The number of rotatable bonds is 7. The van der Waals surface area contributed by atoms with E-state index in [1.807, 2.05) is 19.9 Å². The topological polar surface area (TPSA) is 49.9 Å². The molecule has 3 aliphatic rings. The summed E-state index contributed by atoms with van der Waals surface area (Å²) in [4.78, 5) is 2.73. The van der Waals surface area contributed by atoms with Crippen molar-refractivity contribution < 1.29 is 55.8 Å². The molecule has 3 saturated heterocycles. The summed E-state index contributed by atoms with van der Waals surface area (Å²) in [5.74, 6) is 0.467. The molecule has 0 aromatic heterocycles. The van der Waals surface area contributed by atoms with Crippen molar-refractivity contribution in [2.45, 2.75) is 78.5 Å². The number of benzene rings is 3. The van der Waals surface area contributed by atoms with E-state index in [2.05, 4.69) is 94.6 Å². The van der Waals surface area contributed by atoms with Gasteiger partial charge in [0, 0.05) is 0 Å². The van der Waals surface area contributed by atoms with Crippen molar-refractivity contribution in [2.24, 2.45) is 0 Å². The number of para-hydroxylation sites is 1. The Hall–Kier alpha value is -1.80. The summed E-state index contributed by atoms with van der Waals surface area (Å²) in [6, 6.07) is 14.8. The summed E-state index contributed by atoms with van der Waals surface area (Å²) in [6.07, 6.45) is -0.186. The van der Waals surface area contributed by atoms with E-state index in [1.165, 1.54) is 53.4 Å². The Morgan fingerprint density at radius 2 is 1.42 bits per heavy atom. The zero-order chi connectivity index (χ0) is 30.2. The molecule has 43 heavy (non-hydrogen) atoms. The van der Waals surface area contributed by atoms with Crippen LogP contribution in [0.5, 0.6) is 5.75 Å². The summed E-state index contributed by atoms with van der Waals surface area (Å²) in [5, 5.41) is 0. The Kier molecular flexibility index (Phi) is 10.4. The van der Waals surface area contributed by atoms with Crippen molar-refractivity contribution >= 4 is 25.8 Å². The number of nitrogens with zero attached hydrogens (tertiary/aromatic N) is 3. The normalized spacial score (nSPS) is 21.0. The second-order valence-electron chi connectivity index (χ2n) is 12.3. The zero-order valence-electron chi connectivity index (χ0n) is 26.6. The van der Waals surface area contributed by atoms with Crippen LogP contribution >= 0.6 is 0 Å². The van der Waals surface area contributed by atoms with Crippen molar-refractivity contribution in [1.29, 1.82) is 0 Å². The van der Waals surface area contributed by atoms with Crippen molar-refractivity contribution in [3.63, 3.8) is 0 Å². The molecular weight excluding hydrogens is 690 g/mol. The standard InChI is InChI=1S/C33H42N3O3S.2ClH.Ru/c1-20(2)39-33-27(12-11-13-29(33)40(37,38)34(9)10)32-28-18-36(32,31-25(7)16-22(4)17-26(31)8)19-35(28)30-23(5)14-21(3)15-24(30)6;;;/h11-17,20,28,32H,18H2,1-10H3;2*1H;/q+1;;;+2/p-2. The van der Waals surface area contributed by atoms with Crippen LogP contribution in [0.2, 0.25) is 0 Å². The molecule has 6 nitrogen and oxygen atoms in total. The fourth-order valence-corrected chi connectivity index (χ4v) is 9.42. The van der Waals surface area contributed by atoms with Crippen molar-refractivity contribution in [2.75, 3.05) is 25.5 Å². The molecule has 3 aromatic carbocycles. The summed E-state index contributed by atoms with van der Waals surface area (Å²) in [7, 11) is -0.587. The average Bonchev–Trinajstić information content (AvgIpc) is 3.23. The molecule has 2 bridgehead atoms. The molecule has 3 aromatic rings. The fraction of sp³-hybridized carbons (Fsp3) is 0.424. The molecule has 3 fully saturated rings. The number of hydrogen-bond donors (Lipinski definition) is 0. The fourth-order valence-electron chi connectivity index (χ4n) is 7.30. The van der Waals surface area contributed by atoms with E-state index in [4.69, 9.17) is 4.74 Å². The van der Waals surface area contributed by atoms with Gasteiger partial charge in [0.05, 0.1) is 0 Å². The minimum absolute atomic E-state index is 0. The first-order valence-corrected chi connectivity index (χ1v) is 16.5. The van der Waals surface area contributed by atoms with Crippen LogP contribution in [0.4, 0.5) is 11.4 Å². The Balaban J connectivity index is 0.00000253. The first-order valence-electron chi connectivity index (χ1n) is 14.2. The van der Waals surface area contributed by atoms with E-state index in [1.54, 1.807) is 20.2 Å². The molecule has 0 amide bonds. The van der Waals surface area contributed by atoms with Gasteiger partial charge in [0.15, 0.2) is 0 Å². The third-order valence-electron chi connectivity index (χ3n) is 8.51. The molecule has 3 unspecified atom stereocenters. The largest absolute Gasteiger partial charge is 1.00 e. The summed E-state index contributed by atoms with van der Waals surface area (Å²) >= 11 is 2.97. The monoisotopic (exact) mass is 732 g/mol. The summed E-state index contributed by atoms with van der Waals surface area (Å²) < 4.78 is 36.7. The molecule has 0 N–H and O–H groups in total.